The van der Waals surface area contributed by atoms with Crippen molar-refractivity contribution in [3.63, 3.8) is 0 Å². The minimum atomic E-state index is -4.39. The van der Waals surface area contributed by atoms with Crippen LogP contribution in [0.25, 0.3) is 27.8 Å². The van der Waals surface area contributed by atoms with E-state index in [-0.39, 0.29) is 0 Å². The lowest BCUT2D eigenvalue weighted by Gasteiger charge is -2.11. The molecular weight excluding hydrogens is 353 g/mol. The highest BCUT2D eigenvalue weighted by Crippen LogP contribution is 2.33. The second-order valence-corrected chi connectivity index (χ2v) is 6.07. The maximum absolute atomic E-state index is 12.9. The fourth-order valence-corrected chi connectivity index (χ4v) is 3.10. The average molecular weight is 368 g/mol. The molecular formula is C21H15F3N2O. The summed E-state index contributed by atoms with van der Waals surface area (Å²) in [7, 11) is 1.62. The predicted molar refractivity (Wildman–Crippen MR) is 98.1 cm³/mol. The van der Waals surface area contributed by atoms with E-state index in [1.807, 2.05) is 48.5 Å². The van der Waals surface area contributed by atoms with E-state index in [0.29, 0.717) is 11.0 Å². The first-order valence-electron chi connectivity index (χ1n) is 8.25. The number of ether oxygens (including phenoxy) is 1. The lowest BCUT2D eigenvalue weighted by Crippen LogP contribution is -2.04. The van der Waals surface area contributed by atoms with E-state index < -0.39 is 11.7 Å². The number of imidazole rings is 1. The largest absolute Gasteiger partial charge is 0.496 e. The SMILES string of the molecule is COc1ccccc1-c1cccc(-n2cnc3cc(C(F)(F)F)ccc32)c1. The topological polar surface area (TPSA) is 27.1 Å². The standard InChI is InChI=1S/C21H15F3N2O/c1-27-20-8-3-2-7-17(20)14-5-4-6-16(11-14)26-13-25-18-12-15(21(22,23)24)9-10-19(18)26/h2-13H,1H3. The van der Waals surface area contributed by atoms with Crippen LogP contribution in [0.5, 0.6) is 5.75 Å². The zero-order valence-electron chi connectivity index (χ0n) is 14.4. The van der Waals surface area contributed by atoms with Crippen molar-refractivity contribution in [2.45, 2.75) is 6.18 Å². The maximum atomic E-state index is 12.9. The fraction of sp³-hybridized carbons (Fsp3) is 0.0952. The number of hydrogen-bond donors (Lipinski definition) is 0. The van der Waals surface area contributed by atoms with Crippen molar-refractivity contribution in [3.05, 3.63) is 78.6 Å². The molecule has 3 nitrogen and oxygen atoms in total. The Hall–Kier alpha value is -3.28. The van der Waals surface area contributed by atoms with Crippen LogP contribution in [-0.2, 0) is 6.18 Å². The summed E-state index contributed by atoms with van der Waals surface area (Å²) in [5, 5.41) is 0. The van der Waals surface area contributed by atoms with E-state index in [9.17, 15) is 13.2 Å². The summed E-state index contributed by atoms with van der Waals surface area (Å²) in [6.07, 6.45) is -2.85. The van der Waals surface area contributed by atoms with Gasteiger partial charge in [0.2, 0.25) is 0 Å². The number of fused-ring (bicyclic) bond motifs is 1. The third-order valence-electron chi connectivity index (χ3n) is 4.42. The van der Waals surface area contributed by atoms with Gasteiger partial charge in [-0.3, -0.25) is 4.57 Å². The minimum absolute atomic E-state index is 0.299. The Morgan fingerprint density at radius 1 is 0.926 bits per heavy atom. The van der Waals surface area contributed by atoms with Gasteiger partial charge in [-0.05, 0) is 42.0 Å². The lowest BCUT2D eigenvalue weighted by molar-refractivity contribution is -0.137. The molecule has 0 aliphatic carbocycles. The molecule has 1 aromatic heterocycles. The van der Waals surface area contributed by atoms with Gasteiger partial charge >= 0.3 is 6.18 Å². The molecule has 0 bridgehead atoms. The van der Waals surface area contributed by atoms with Crippen LogP contribution in [0.4, 0.5) is 13.2 Å². The smallest absolute Gasteiger partial charge is 0.416 e. The van der Waals surface area contributed by atoms with Gasteiger partial charge in [0.1, 0.15) is 12.1 Å². The van der Waals surface area contributed by atoms with Crippen molar-refractivity contribution < 1.29 is 17.9 Å². The summed E-state index contributed by atoms with van der Waals surface area (Å²) < 4.78 is 45.9. The zero-order chi connectivity index (χ0) is 19.0. The van der Waals surface area contributed by atoms with E-state index >= 15 is 0 Å². The zero-order valence-corrected chi connectivity index (χ0v) is 14.4. The molecule has 0 N–H and O–H groups in total. The number of nitrogens with zero attached hydrogens (tertiary/aromatic N) is 2. The van der Waals surface area contributed by atoms with Crippen molar-refractivity contribution in [1.82, 2.24) is 9.55 Å². The quantitative estimate of drug-likeness (QED) is 0.462. The Balaban J connectivity index is 1.81. The van der Waals surface area contributed by atoms with E-state index in [4.69, 9.17) is 4.74 Å². The Labute approximate surface area is 153 Å². The summed E-state index contributed by atoms with van der Waals surface area (Å²) in [6.45, 7) is 0. The second-order valence-electron chi connectivity index (χ2n) is 6.07. The molecule has 0 aliphatic heterocycles. The molecule has 0 aliphatic rings. The van der Waals surface area contributed by atoms with Crippen molar-refractivity contribution in [2.75, 3.05) is 7.11 Å². The van der Waals surface area contributed by atoms with Crippen LogP contribution in [0.3, 0.4) is 0 Å². The van der Waals surface area contributed by atoms with E-state index in [1.54, 1.807) is 11.7 Å². The number of para-hydroxylation sites is 1. The normalized spacial score (nSPS) is 11.7. The van der Waals surface area contributed by atoms with Gasteiger partial charge in [0.15, 0.2) is 0 Å². The predicted octanol–water partition coefficient (Wildman–Crippen LogP) is 5.72. The Morgan fingerprint density at radius 2 is 1.74 bits per heavy atom. The maximum Gasteiger partial charge on any atom is 0.416 e. The molecule has 136 valence electrons. The third kappa shape index (κ3) is 3.14. The van der Waals surface area contributed by atoms with Gasteiger partial charge < -0.3 is 4.74 Å². The van der Waals surface area contributed by atoms with Gasteiger partial charge in [0.05, 0.1) is 23.7 Å². The molecule has 0 unspecified atom stereocenters. The lowest BCUT2D eigenvalue weighted by atomic mass is 10.0. The minimum Gasteiger partial charge on any atom is -0.496 e. The van der Waals surface area contributed by atoms with Crippen molar-refractivity contribution in [3.8, 4) is 22.6 Å². The molecule has 4 aromatic rings. The molecule has 0 saturated carbocycles. The first kappa shape index (κ1) is 17.1. The molecule has 0 amide bonds. The van der Waals surface area contributed by atoms with Gasteiger partial charge in [0, 0.05) is 11.3 Å². The van der Waals surface area contributed by atoms with Gasteiger partial charge in [0.25, 0.3) is 0 Å². The van der Waals surface area contributed by atoms with Crippen molar-refractivity contribution in [1.29, 1.82) is 0 Å². The number of benzene rings is 3. The summed E-state index contributed by atoms with van der Waals surface area (Å²) in [5.41, 5.74) is 2.89. The van der Waals surface area contributed by atoms with E-state index in [1.165, 1.54) is 12.4 Å². The molecule has 0 atom stereocenters. The van der Waals surface area contributed by atoms with Crippen LogP contribution in [0, 0.1) is 0 Å². The second kappa shape index (κ2) is 6.46. The highest BCUT2D eigenvalue weighted by molar-refractivity contribution is 5.79. The summed E-state index contributed by atoms with van der Waals surface area (Å²) >= 11 is 0. The summed E-state index contributed by atoms with van der Waals surface area (Å²) in [6, 6.07) is 18.9. The number of hydrogen-bond acceptors (Lipinski definition) is 2. The van der Waals surface area contributed by atoms with Crippen LogP contribution in [0.2, 0.25) is 0 Å². The molecule has 0 saturated heterocycles. The highest BCUT2D eigenvalue weighted by atomic mass is 19.4. The molecule has 0 fully saturated rings. The van der Waals surface area contributed by atoms with Crippen molar-refractivity contribution >= 4 is 11.0 Å². The highest BCUT2D eigenvalue weighted by Gasteiger charge is 2.30. The van der Waals surface area contributed by atoms with Gasteiger partial charge in [-0.25, -0.2) is 4.98 Å². The van der Waals surface area contributed by atoms with Crippen LogP contribution in [0.1, 0.15) is 5.56 Å². The Kier molecular flexibility index (Phi) is 4.11. The molecule has 3 aromatic carbocycles. The number of methoxy groups -OCH3 is 1. The van der Waals surface area contributed by atoms with Crippen molar-refractivity contribution in [2.24, 2.45) is 0 Å². The molecule has 6 heteroatoms. The van der Waals surface area contributed by atoms with Crippen LogP contribution in [-0.4, -0.2) is 16.7 Å². The fourth-order valence-electron chi connectivity index (χ4n) is 3.10. The Morgan fingerprint density at radius 3 is 2.52 bits per heavy atom. The van der Waals surface area contributed by atoms with E-state index in [2.05, 4.69) is 4.98 Å². The first-order chi connectivity index (χ1) is 13.0. The van der Waals surface area contributed by atoms with Gasteiger partial charge in [-0.2, -0.15) is 13.2 Å². The number of alkyl halides is 3. The molecule has 27 heavy (non-hydrogen) atoms. The Bertz CT molecular complexity index is 1120. The third-order valence-corrected chi connectivity index (χ3v) is 4.42. The van der Waals surface area contributed by atoms with Crippen LogP contribution >= 0.6 is 0 Å². The number of rotatable bonds is 3. The van der Waals surface area contributed by atoms with Crippen LogP contribution in [0.15, 0.2) is 73.1 Å². The summed E-state index contributed by atoms with van der Waals surface area (Å²) in [5.74, 6) is 0.750. The average Bonchev–Trinajstić information content (AvgIpc) is 3.10. The van der Waals surface area contributed by atoms with Crippen LogP contribution < -0.4 is 4.74 Å². The first-order valence-corrected chi connectivity index (χ1v) is 8.25. The molecule has 1 heterocycles. The van der Waals surface area contributed by atoms with Gasteiger partial charge in [-0.15, -0.1) is 0 Å². The monoisotopic (exact) mass is 368 g/mol. The van der Waals surface area contributed by atoms with E-state index in [0.717, 1.165) is 34.7 Å². The number of aromatic nitrogens is 2. The molecule has 0 radical (unpaired) electrons. The number of halogens is 3. The van der Waals surface area contributed by atoms with Gasteiger partial charge in [-0.1, -0.05) is 30.3 Å². The summed E-state index contributed by atoms with van der Waals surface area (Å²) in [4.78, 5) is 4.14. The molecule has 4 rings (SSSR count). The molecule has 0 spiro atoms.